The maximum absolute atomic E-state index is 10.7. The molecule has 19 heavy (non-hydrogen) atoms. The molecule has 2 aromatic rings. The molecule has 1 aromatic carbocycles. The van der Waals surface area contributed by atoms with Crippen molar-refractivity contribution in [3.8, 4) is 23.7 Å². The lowest BCUT2D eigenvalue weighted by Crippen LogP contribution is -2.09. The predicted octanol–water partition coefficient (Wildman–Crippen LogP) is 1.67. The summed E-state index contributed by atoms with van der Waals surface area (Å²) in [6, 6.07) is 5.40. The quantitative estimate of drug-likeness (QED) is 0.507. The molecule has 0 saturated carbocycles. The molecule has 7 nitrogen and oxygen atoms in total. The Morgan fingerprint density at radius 1 is 1.58 bits per heavy atom. The molecule has 2 N–H and O–H groups in total. The smallest absolute Gasteiger partial charge is 0.270 e. The number of aromatic nitrogens is 2. The van der Waals surface area contributed by atoms with E-state index in [1.54, 1.807) is 12.1 Å². The lowest BCUT2D eigenvalue weighted by molar-refractivity contribution is -0.384. The number of non-ortho nitro benzene ring substituents is 1. The van der Waals surface area contributed by atoms with Crippen molar-refractivity contribution < 1.29 is 9.45 Å². The molecule has 1 atom stereocenters. The summed E-state index contributed by atoms with van der Waals surface area (Å²) in [7, 11) is 0. The molecule has 7 heteroatoms. The number of terminal acetylenes is 1. The molecule has 0 amide bonds. The summed E-state index contributed by atoms with van der Waals surface area (Å²) in [5.74, 6) is 2.85. The number of hydrogen-bond acceptors (Lipinski definition) is 6. The van der Waals surface area contributed by atoms with Crippen LogP contribution in [0.15, 0.2) is 28.8 Å². The number of nitrogens with zero attached hydrogens (tertiary/aromatic N) is 3. The van der Waals surface area contributed by atoms with Gasteiger partial charge in [-0.2, -0.15) is 4.98 Å². The summed E-state index contributed by atoms with van der Waals surface area (Å²) >= 11 is 0. The Bertz CT molecular complexity index is 644. The summed E-state index contributed by atoms with van der Waals surface area (Å²) in [4.78, 5) is 14.3. The Morgan fingerprint density at radius 2 is 2.37 bits per heavy atom. The second-order valence-corrected chi connectivity index (χ2v) is 3.78. The first-order valence-electron chi connectivity index (χ1n) is 5.39. The first kappa shape index (κ1) is 12.7. The molecule has 0 radical (unpaired) electrons. The Hall–Kier alpha value is -2.72. The molecular formula is C12H10N4O3. The molecule has 0 spiro atoms. The number of rotatable bonds is 4. The van der Waals surface area contributed by atoms with E-state index in [4.69, 9.17) is 16.7 Å². The summed E-state index contributed by atoms with van der Waals surface area (Å²) in [5.41, 5.74) is 6.17. The minimum atomic E-state index is -0.537. The van der Waals surface area contributed by atoms with E-state index in [1.165, 1.54) is 12.1 Å². The minimum absolute atomic E-state index is 0.0447. The highest BCUT2D eigenvalue weighted by molar-refractivity contribution is 5.58. The molecule has 0 aliphatic rings. The van der Waals surface area contributed by atoms with Gasteiger partial charge in [-0.25, -0.2) is 0 Å². The van der Waals surface area contributed by atoms with Gasteiger partial charge in [0, 0.05) is 24.1 Å². The van der Waals surface area contributed by atoms with Crippen LogP contribution in [-0.2, 0) is 0 Å². The van der Waals surface area contributed by atoms with E-state index in [2.05, 4.69) is 16.1 Å². The second-order valence-electron chi connectivity index (χ2n) is 3.78. The van der Waals surface area contributed by atoms with Crippen molar-refractivity contribution in [2.75, 3.05) is 0 Å². The first-order chi connectivity index (χ1) is 9.11. The van der Waals surface area contributed by atoms with Gasteiger partial charge in [-0.1, -0.05) is 17.3 Å². The van der Waals surface area contributed by atoms with Crippen LogP contribution in [0.4, 0.5) is 5.69 Å². The van der Waals surface area contributed by atoms with Crippen molar-refractivity contribution in [2.24, 2.45) is 5.73 Å². The number of benzene rings is 1. The van der Waals surface area contributed by atoms with Crippen LogP contribution < -0.4 is 5.73 Å². The molecule has 0 aliphatic heterocycles. The zero-order valence-corrected chi connectivity index (χ0v) is 9.81. The highest BCUT2D eigenvalue weighted by atomic mass is 16.6. The van der Waals surface area contributed by atoms with E-state index in [1.807, 2.05) is 0 Å². The summed E-state index contributed by atoms with van der Waals surface area (Å²) < 4.78 is 4.98. The zero-order valence-electron chi connectivity index (χ0n) is 9.81. The Morgan fingerprint density at radius 3 is 3.05 bits per heavy atom. The highest BCUT2D eigenvalue weighted by Crippen LogP contribution is 2.22. The molecule has 96 valence electrons. The van der Waals surface area contributed by atoms with E-state index < -0.39 is 11.0 Å². The lowest BCUT2D eigenvalue weighted by atomic mass is 10.2. The standard InChI is InChI=1S/C12H10N4O3/c1-2-4-10(13)12-14-11(15-19-12)8-5-3-6-9(7-8)16(17)18/h1,3,5-7,10H,4,13H2. The maximum atomic E-state index is 10.7. The van der Waals surface area contributed by atoms with E-state index >= 15 is 0 Å². The molecule has 0 fully saturated rings. The fraction of sp³-hybridized carbons (Fsp3) is 0.167. The third-order valence-corrected chi connectivity index (χ3v) is 2.41. The van der Waals surface area contributed by atoms with Crippen LogP contribution in [0, 0.1) is 22.5 Å². The first-order valence-corrected chi connectivity index (χ1v) is 5.39. The average Bonchev–Trinajstić information content (AvgIpc) is 2.89. The van der Waals surface area contributed by atoms with Crippen LogP contribution in [0.5, 0.6) is 0 Å². The molecule has 0 aliphatic carbocycles. The van der Waals surface area contributed by atoms with Gasteiger partial charge in [0.05, 0.1) is 11.0 Å². The topological polar surface area (TPSA) is 108 Å². The highest BCUT2D eigenvalue weighted by Gasteiger charge is 2.16. The van der Waals surface area contributed by atoms with Crippen molar-refractivity contribution in [3.63, 3.8) is 0 Å². The van der Waals surface area contributed by atoms with E-state index in [9.17, 15) is 10.1 Å². The third-order valence-electron chi connectivity index (χ3n) is 2.41. The zero-order chi connectivity index (χ0) is 13.8. The van der Waals surface area contributed by atoms with Crippen LogP contribution in [-0.4, -0.2) is 15.1 Å². The van der Waals surface area contributed by atoms with Crippen molar-refractivity contribution in [1.29, 1.82) is 0 Å². The molecule has 1 unspecified atom stereocenters. The van der Waals surface area contributed by atoms with E-state index in [-0.39, 0.29) is 23.8 Å². The van der Waals surface area contributed by atoms with Crippen LogP contribution in [0.2, 0.25) is 0 Å². The third kappa shape index (κ3) is 2.75. The molecular weight excluding hydrogens is 248 g/mol. The van der Waals surface area contributed by atoms with Gasteiger partial charge in [-0.05, 0) is 0 Å². The van der Waals surface area contributed by atoms with Crippen molar-refractivity contribution >= 4 is 5.69 Å². The number of nitro benzene ring substituents is 1. The number of hydrogen-bond donors (Lipinski definition) is 1. The van der Waals surface area contributed by atoms with Crippen LogP contribution in [0.1, 0.15) is 18.4 Å². The second kappa shape index (κ2) is 5.29. The number of nitrogens with two attached hydrogens (primary N) is 1. The minimum Gasteiger partial charge on any atom is -0.337 e. The predicted molar refractivity (Wildman–Crippen MR) is 66.8 cm³/mol. The average molecular weight is 258 g/mol. The summed E-state index contributed by atoms with van der Waals surface area (Å²) in [6.07, 6.45) is 5.42. The fourth-order valence-electron chi connectivity index (χ4n) is 1.48. The molecule has 2 rings (SSSR count). The van der Waals surface area contributed by atoms with Gasteiger partial charge in [0.2, 0.25) is 11.7 Å². The van der Waals surface area contributed by atoms with Gasteiger partial charge in [0.1, 0.15) is 0 Å². The van der Waals surface area contributed by atoms with Gasteiger partial charge < -0.3 is 10.3 Å². The maximum Gasteiger partial charge on any atom is 0.270 e. The van der Waals surface area contributed by atoms with Crippen molar-refractivity contribution in [3.05, 3.63) is 40.3 Å². The molecule has 0 bridgehead atoms. The normalized spacial score (nSPS) is 11.8. The molecule has 1 heterocycles. The van der Waals surface area contributed by atoms with Gasteiger partial charge in [0.15, 0.2) is 0 Å². The fourth-order valence-corrected chi connectivity index (χ4v) is 1.48. The van der Waals surface area contributed by atoms with Gasteiger partial charge in [0.25, 0.3) is 5.69 Å². The molecule has 0 saturated heterocycles. The Labute approximate surface area is 108 Å². The van der Waals surface area contributed by atoms with Gasteiger partial charge in [-0.3, -0.25) is 10.1 Å². The van der Waals surface area contributed by atoms with Gasteiger partial charge in [-0.15, -0.1) is 12.3 Å². The molecule has 1 aromatic heterocycles. The summed E-state index contributed by atoms with van der Waals surface area (Å²) in [6.45, 7) is 0. The number of nitro groups is 1. The van der Waals surface area contributed by atoms with Gasteiger partial charge >= 0.3 is 0 Å². The van der Waals surface area contributed by atoms with Crippen molar-refractivity contribution in [2.45, 2.75) is 12.5 Å². The van der Waals surface area contributed by atoms with Crippen LogP contribution in [0.25, 0.3) is 11.4 Å². The SMILES string of the molecule is C#CCC(N)c1nc(-c2cccc([N+](=O)[O-])c2)no1. The Kier molecular flexibility index (Phi) is 3.54. The monoisotopic (exact) mass is 258 g/mol. The van der Waals surface area contributed by atoms with E-state index in [0.717, 1.165) is 0 Å². The van der Waals surface area contributed by atoms with Crippen LogP contribution >= 0.6 is 0 Å². The summed E-state index contributed by atoms with van der Waals surface area (Å²) in [5, 5.41) is 14.4. The van der Waals surface area contributed by atoms with Crippen molar-refractivity contribution in [1.82, 2.24) is 10.1 Å². The largest absolute Gasteiger partial charge is 0.337 e. The Balaban J connectivity index is 2.30. The van der Waals surface area contributed by atoms with E-state index in [0.29, 0.717) is 5.56 Å². The lowest BCUT2D eigenvalue weighted by Gasteiger charge is -1.98. The van der Waals surface area contributed by atoms with Crippen LogP contribution in [0.3, 0.4) is 0 Å².